The number of fused-ring (bicyclic) bond motifs is 3. The summed E-state index contributed by atoms with van der Waals surface area (Å²) in [6, 6.07) is 5.85. The fourth-order valence-corrected chi connectivity index (χ4v) is 5.39. The summed E-state index contributed by atoms with van der Waals surface area (Å²) >= 11 is 6.05. The van der Waals surface area contributed by atoms with E-state index in [-0.39, 0.29) is 23.9 Å². The number of pyridine rings is 2. The number of aromatic nitrogens is 4. The molecule has 1 aliphatic carbocycles. The first-order chi connectivity index (χ1) is 15.8. The summed E-state index contributed by atoms with van der Waals surface area (Å²) in [5.74, 6) is 1.48. The van der Waals surface area contributed by atoms with Gasteiger partial charge in [0.25, 0.3) is 0 Å². The molecule has 176 valence electrons. The van der Waals surface area contributed by atoms with E-state index in [4.69, 9.17) is 16.3 Å². The van der Waals surface area contributed by atoms with Gasteiger partial charge < -0.3 is 9.64 Å². The van der Waals surface area contributed by atoms with E-state index in [9.17, 15) is 17.6 Å². The quantitative estimate of drug-likeness (QED) is 0.370. The number of piperidine rings is 1. The second-order valence-electron chi connectivity index (χ2n) is 8.59. The summed E-state index contributed by atoms with van der Waals surface area (Å²) in [5, 5.41) is 4.65. The van der Waals surface area contributed by atoms with Gasteiger partial charge in [0.15, 0.2) is 17.2 Å². The maximum atomic E-state index is 13.5. The van der Waals surface area contributed by atoms with E-state index in [1.807, 2.05) is 12.1 Å². The number of alkyl halides is 4. The lowest BCUT2D eigenvalue weighted by Gasteiger charge is -2.39. The Balaban J connectivity index is 1.40. The zero-order valence-corrected chi connectivity index (χ0v) is 18.4. The molecule has 4 heterocycles. The van der Waals surface area contributed by atoms with Crippen LogP contribution < -0.4 is 9.64 Å². The van der Waals surface area contributed by atoms with E-state index in [1.54, 1.807) is 6.20 Å². The highest BCUT2D eigenvalue weighted by Crippen LogP contribution is 2.44. The van der Waals surface area contributed by atoms with E-state index < -0.39 is 18.5 Å². The highest BCUT2D eigenvalue weighted by atomic mass is 35.5. The van der Waals surface area contributed by atoms with Crippen molar-refractivity contribution >= 4 is 22.9 Å². The third-order valence-electron chi connectivity index (χ3n) is 6.64. The van der Waals surface area contributed by atoms with Crippen LogP contribution in [-0.2, 0) is 12.6 Å². The molecule has 1 saturated heterocycles. The van der Waals surface area contributed by atoms with Crippen LogP contribution in [0.15, 0.2) is 30.5 Å². The Hall–Kier alpha value is -2.62. The first-order valence-corrected chi connectivity index (χ1v) is 11.2. The normalized spacial score (nSPS) is 22.8. The molecular formula is C22H22ClF4N5O. The van der Waals surface area contributed by atoms with Crippen molar-refractivity contribution in [1.82, 2.24) is 19.6 Å². The second-order valence-corrected chi connectivity index (χ2v) is 8.98. The Labute approximate surface area is 192 Å². The van der Waals surface area contributed by atoms with E-state index in [0.717, 1.165) is 42.2 Å². The van der Waals surface area contributed by atoms with Crippen LogP contribution in [0.3, 0.4) is 0 Å². The first kappa shape index (κ1) is 22.2. The maximum Gasteiger partial charge on any atom is 0.433 e. The van der Waals surface area contributed by atoms with Gasteiger partial charge in [-0.25, -0.2) is 18.9 Å². The molecule has 5 rings (SSSR count). The monoisotopic (exact) mass is 483 g/mol. The SMILES string of the molecule is FCCOc1ccc(C(F)(F)F)n2nc(CC3[C@@H]4CC[C@H]3CN(c3ccnc(Cl)c3)C4)nc12. The van der Waals surface area contributed by atoms with Gasteiger partial charge in [0.05, 0.1) is 0 Å². The fraction of sp³-hybridized carbons (Fsp3) is 0.500. The van der Waals surface area contributed by atoms with Crippen molar-refractivity contribution in [3.63, 3.8) is 0 Å². The summed E-state index contributed by atoms with van der Waals surface area (Å²) < 4.78 is 59.2. The smallest absolute Gasteiger partial charge is 0.433 e. The molecule has 0 aromatic carbocycles. The molecule has 6 nitrogen and oxygen atoms in total. The van der Waals surface area contributed by atoms with Crippen molar-refractivity contribution < 1.29 is 22.3 Å². The van der Waals surface area contributed by atoms with E-state index >= 15 is 0 Å². The maximum absolute atomic E-state index is 13.5. The molecule has 0 amide bonds. The number of anilines is 1. The summed E-state index contributed by atoms with van der Waals surface area (Å²) in [7, 11) is 0. The third-order valence-corrected chi connectivity index (χ3v) is 6.85. The molecular weight excluding hydrogens is 462 g/mol. The van der Waals surface area contributed by atoms with Gasteiger partial charge in [0, 0.05) is 31.4 Å². The molecule has 2 bridgehead atoms. The van der Waals surface area contributed by atoms with Crippen LogP contribution in [-0.4, -0.2) is 46.0 Å². The van der Waals surface area contributed by atoms with Crippen LogP contribution >= 0.6 is 11.6 Å². The number of hydrogen-bond donors (Lipinski definition) is 0. The van der Waals surface area contributed by atoms with Gasteiger partial charge in [-0.3, -0.25) is 0 Å². The lowest BCUT2D eigenvalue weighted by Crippen LogP contribution is -2.42. The molecule has 1 unspecified atom stereocenters. The van der Waals surface area contributed by atoms with Crippen LogP contribution in [0.5, 0.6) is 5.75 Å². The van der Waals surface area contributed by atoms with Crippen LogP contribution in [0.25, 0.3) is 5.65 Å². The van der Waals surface area contributed by atoms with Gasteiger partial charge in [-0.05, 0) is 54.9 Å². The minimum Gasteiger partial charge on any atom is -0.487 e. The minimum atomic E-state index is -4.60. The topological polar surface area (TPSA) is 55.6 Å². The predicted molar refractivity (Wildman–Crippen MR) is 114 cm³/mol. The number of rotatable bonds is 6. The Morgan fingerprint density at radius 2 is 1.88 bits per heavy atom. The Bertz CT molecular complexity index is 1140. The van der Waals surface area contributed by atoms with Gasteiger partial charge in [0.2, 0.25) is 0 Å². The summed E-state index contributed by atoms with van der Waals surface area (Å²) in [6.07, 6.45) is -0.319. The zero-order chi connectivity index (χ0) is 23.2. The molecule has 11 heteroatoms. The first-order valence-electron chi connectivity index (χ1n) is 10.8. The van der Waals surface area contributed by atoms with Crippen molar-refractivity contribution in [2.75, 3.05) is 31.3 Å². The van der Waals surface area contributed by atoms with E-state index in [1.165, 1.54) is 6.07 Å². The Kier molecular flexibility index (Phi) is 5.80. The largest absolute Gasteiger partial charge is 0.487 e. The van der Waals surface area contributed by atoms with Crippen molar-refractivity contribution in [3.05, 3.63) is 47.1 Å². The van der Waals surface area contributed by atoms with Crippen LogP contribution in [0.4, 0.5) is 23.2 Å². The lowest BCUT2D eigenvalue weighted by atomic mass is 9.82. The molecule has 0 radical (unpaired) electrons. The van der Waals surface area contributed by atoms with Gasteiger partial charge in [-0.1, -0.05) is 11.6 Å². The van der Waals surface area contributed by atoms with Crippen LogP contribution in [0.1, 0.15) is 24.4 Å². The average molecular weight is 484 g/mol. The molecule has 33 heavy (non-hydrogen) atoms. The predicted octanol–water partition coefficient (Wildman–Crippen LogP) is 4.85. The average Bonchev–Trinajstić information content (AvgIpc) is 3.28. The fourth-order valence-electron chi connectivity index (χ4n) is 5.22. The van der Waals surface area contributed by atoms with Crippen molar-refractivity contribution in [2.45, 2.75) is 25.4 Å². The molecule has 0 spiro atoms. The number of nitrogens with zero attached hydrogens (tertiary/aromatic N) is 5. The second kappa shape index (κ2) is 8.62. The zero-order valence-electron chi connectivity index (χ0n) is 17.6. The van der Waals surface area contributed by atoms with Gasteiger partial charge in [-0.15, -0.1) is 0 Å². The summed E-state index contributed by atoms with van der Waals surface area (Å²) in [4.78, 5) is 10.7. The summed E-state index contributed by atoms with van der Waals surface area (Å²) in [6.45, 7) is 0.671. The van der Waals surface area contributed by atoms with Gasteiger partial charge >= 0.3 is 6.18 Å². The molecule has 2 aliphatic rings. The molecule has 3 atom stereocenters. The Morgan fingerprint density at radius 1 is 1.12 bits per heavy atom. The van der Waals surface area contributed by atoms with Crippen molar-refractivity contribution in [1.29, 1.82) is 0 Å². The molecule has 2 fully saturated rings. The lowest BCUT2D eigenvalue weighted by molar-refractivity contribution is -0.142. The van der Waals surface area contributed by atoms with Crippen molar-refractivity contribution in [2.24, 2.45) is 17.8 Å². The molecule has 3 aromatic heterocycles. The summed E-state index contributed by atoms with van der Waals surface area (Å²) in [5.41, 5.74) is 0.0568. The molecule has 1 saturated carbocycles. The minimum absolute atomic E-state index is 0.0375. The molecule has 0 N–H and O–H groups in total. The third kappa shape index (κ3) is 4.32. The molecule has 3 aromatic rings. The standard InChI is InChI=1S/C22H22ClF4N5O/c23-19-9-15(5-7-28-19)31-11-13-1-2-14(12-31)16(13)10-20-29-21-17(33-8-6-24)3-4-18(22(25,26)27)32(21)30-20/h3-5,7,9,13-14,16H,1-2,6,8,10-12H2/t13-,14+,16?. The van der Waals surface area contributed by atoms with Crippen LogP contribution in [0.2, 0.25) is 5.15 Å². The Morgan fingerprint density at radius 3 is 2.55 bits per heavy atom. The number of ether oxygens (including phenoxy) is 1. The van der Waals surface area contributed by atoms with E-state index in [0.29, 0.717) is 29.2 Å². The van der Waals surface area contributed by atoms with Crippen LogP contribution in [0, 0.1) is 17.8 Å². The molecule has 1 aliphatic heterocycles. The van der Waals surface area contributed by atoms with Gasteiger partial charge in [-0.2, -0.15) is 18.3 Å². The number of hydrogen-bond acceptors (Lipinski definition) is 5. The van der Waals surface area contributed by atoms with Crippen molar-refractivity contribution in [3.8, 4) is 5.75 Å². The van der Waals surface area contributed by atoms with Gasteiger partial charge in [0.1, 0.15) is 24.1 Å². The highest BCUT2D eigenvalue weighted by molar-refractivity contribution is 6.29. The van der Waals surface area contributed by atoms with E-state index in [2.05, 4.69) is 20.0 Å². The number of halogens is 5. The highest BCUT2D eigenvalue weighted by Gasteiger charge is 2.43.